The number of hydrogen-bond donors (Lipinski definition) is 2. The molecule has 0 amide bonds. The van der Waals surface area contributed by atoms with Gasteiger partial charge in [0.2, 0.25) is 0 Å². The predicted molar refractivity (Wildman–Crippen MR) is 84.9 cm³/mol. The van der Waals surface area contributed by atoms with Crippen LogP contribution in [-0.2, 0) is 6.54 Å². The number of hydrogen-bond acceptors (Lipinski definition) is 4. The molecule has 0 saturated heterocycles. The number of benzene rings is 1. The first-order valence-electron chi connectivity index (χ1n) is 6.60. The van der Waals surface area contributed by atoms with E-state index in [0.717, 1.165) is 16.5 Å². The maximum atomic E-state index is 12.4. The van der Waals surface area contributed by atoms with E-state index in [1.165, 1.54) is 0 Å². The van der Waals surface area contributed by atoms with Crippen molar-refractivity contribution in [3.63, 3.8) is 0 Å². The number of nitrogens with zero attached hydrogens (tertiary/aromatic N) is 2. The summed E-state index contributed by atoms with van der Waals surface area (Å²) in [5.41, 5.74) is 8.33. The van der Waals surface area contributed by atoms with Crippen LogP contribution in [-0.4, -0.2) is 10.9 Å². The summed E-state index contributed by atoms with van der Waals surface area (Å²) in [6, 6.07) is 11.6. The van der Waals surface area contributed by atoms with Crippen molar-refractivity contribution in [1.29, 1.82) is 0 Å². The standard InChI is InChI=1S/C15H15BrN4O/c1-9-11-7-12(16)14(21)20(13(11)19-15(17)18-9)8-10-5-3-2-4-6-10/h2-7,15,18H,8,17H2,1H3. The summed E-state index contributed by atoms with van der Waals surface area (Å²) in [7, 11) is 0. The van der Waals surface area contributed by atoms with Gasteiger partial charge in [0.1, 0.15) is 5.49 Å². The minimum Gasteiger partial charge on any atom is -0.355 e. The Balaban J connectivity index is 2.28. The number of fused-ring (bicyclic) bond motifs is 1. The topological polar surface area (TPSA) is 72.4 Å². The fourth-order valence-electron chi connectivity index (χ4n) is 2.41. The molecule has 0 bridgehead atoms. The lowest BCUT2D eigenvalue weighted by Gasteiger charge is -2.18. The molecule has 0 radical (unpaired) electrons. The normalized spacial score (nSPS) is 16.9. The van der Waals surface area contributed by atoms with Crippen LogP contribution in [0.4, 0.5) is 0 Å². The molecule has 1 aliphatic heterocycles. The summed E-state index contributed by atoms with van der Waals surface area (Å²) in [5, 5.41) is 3.95. The zero-order valence-corrected chi connectivity index (χ0v) is 13.1. The molecule has 0 fully saturated rings. The summed E-state index contributed by atoms with van der Waals surface area (Å²) in [6.07, 6.45) is -0.528. The van der Waals surface area contributed by atoms with Crippen molar-refractivity contribution in [3.05, 3.63) is 67.5 Å². The van der Waals surface area contributed by atoms with E-state index >= 15 is 0 Å². The largest absolute Gasteiger partial charge is 0.355 e. The van der Waals surface area contributed by atoms with E-state index < -0.39 is 6.29 Å². The van der Waals surface area contributed by atoms with Crippen LogP contribution < -0.4 is 27.3 Å². The molecular weight excluding hydrogens is 332 g/mol. The third-order valence-corrected chi connectivity index (χ3v) is 4.00. The third kappa shape index (κ3) is 2.64. The van der Waals surface area contributed by atoms with E-state index in [9.17, 15) is 4.79 Å². The minimum absolute atomic E-state index is 0.108. The number of nitrogens with two attached hydrogens (primary N) is 1. The van der Waals surface area contributed by atoms with E-state index in [4.69, 9.17) is 5.73 Å². The fraction of sp³-hybridized carbons (Fsp3) is 0.200. The van der Waals surface area contributed by atoms with Gasteiger partial charge in [0.05, 0.1) is 11.0 Å². The molecule has 3 N–H and O–H groups in total. The highest BCUT2D eigenvalue weighted by Gasteiger charge is 2.13. The Morgan fingerprint density at radius 3 is 2.81 bits per heavy atom. The molecule has 0 saturated carbocycles. The van der Waals surface area contributed by atoms with E-state index in [2.05, 4.69) is 26.2 Å². The zero-order valence-electron chi connectivity index (χ0n) is 11.5. The monoisotopic (exact) mass is 346 g/mol. The highest BCUT2D eigenvalue weighted by molar-refractivity contribution is 9.10. The molecule has 5 nitrogen and oxygen atoms in total. The van der Waals surface area contributed by atoms with E-state index in [1.54, 1.807) is 10.6 Å². The molecule has 3 rings (SSSR count). The maximum absolute atomic E-state index is 12.4. The van der Waals surface area contributed by atoms with Crippen molar-refractivity contribution in [3.8, 4) is 0 Å². The molecule has 1 aromatic carbocycles. The molecule has 6 heteroatoms. The number of halogens is 1. The lowest BCUT2D eigenvalue weighted by Crippen LogP contribution is -2.53. The van der Waals surface area contributed by atoms with Crippen LogP contribution in [0.5, 0.6) is 0 Å². The van der Waals surface area contributed by atoms with Gasteiger partial charge in [-0.3, -0.25) is 15.1 Å². The van der Waals surface area contributed by atoms with E-state index in [0.29, 0.717) is 16.5 Å². The van der Waals surface area contributed by atoms with Crippen molar-refractivity contribution < 1.29 is 0 Å². The number of aromatic nitrogens is 1. The number of rotatable bonds is 2. The first kappa shape index (κ1) is 14.0. The van der Waals surface area contributed by atoms with Gasteiger partial charge < -0.3 is 5.32 Å². The smallest absolute Gasteiger partial charge is 0.266 e. The lowest BCUT2D eigenvalue weighted by molar-refractivity contribution is 0.577. The van der Waals surface area contributed by atoms with Gasteiger partial charge in [0.15, 0.2) is 6.29 Å². The summed E-state index contributed by atoms with van der Waals surface area (Å²) >= 11 is 3.33. The van der Waals surface area contributed by atoms with Crippen molar-refractivity contribution in [1.82, 2.24) is 9.88 Å². The Hall–Kier alpha value is -1.92. The molecule has 108 valence electrons. The second-order valence-corrected chi connectivity index (χ2v) is 5.80. The van der Waals surface area contributed by atoms with E-state index in [-0.39, 0.29) is 5.56 Å². The molecule has 21 heavy (non-hydrogen) atoms. The van der Waals surface area contributed by atoms with Gasteiger partial charge in [-0.05, 0) is 34.5 Å². The van der Waals surface area contributed by atoms with Gasteiger partial charge >= 0.3 is 0 Å². The van der Waals surface area contributed by atoms with Crippen LogP contribution in [0.3, 0.4) is 0 Å². The van der Waals surface area contributed by atoms with E-state index in [1.807, 2.05) is 37.3 Å². The van der Waals surface area contributed by atoms with Crippen LogP contribution in [0.25, 0.3) is 5.70 Å². The molecule has 1 aromatic heterocycles. The quantitative estimate of drug-likeness (QED) is 0.818. The lowest BCUT2D eigenvalue weighted by atomic mass is 10.2. The van der Waals surface area contributed by atoms with Gasteiger partial charge in [-0.25, -0.2) is 4.99 Å². The van der Waals surface area contributed by atoms with Crippen LogP contribution in [0.15, 0.2) is 50.7 Å². The molecule has 0 spiro atoms. The molecule has 2 heterocycles. The first-order chi connectivity index (χ1) is 10.1. The highest BCUT2D eigenvalue weighted by atomic mass is 79.9. The summed E-state index contributed by atoms with van der Waals surface area (Å²) < 4.78 is 2.17. The molecule has 1 atom stereocenters. The zero-order chi connectivity index (χ0) is 15.0. The number of pyridine rings is 1. The van der Waals surface area contributed by atoms with Crippen molar-refractivity contribution in [2.45, 2.75) is 19.8 Å². The Morgan fingerprint density at radius 2 is 2.10 bits per heavy atom. The van der Waals surface area contributed by atoms with Gasteiger partial charge in [-0.15, -0.1) is 0 Å². The molecule has 0 aliphatic carbocycles. The third-order valence-electron chi connectivity index (χ3n) is 3.43. The average Bonchev–Trinajstić information content (AvgIpc) is 2.46. The molecule has 1 aliphatic rings. The van der Waals surface area contributed by atoms with Gasteiger partial charge in [0, 0.05) is 10.9 Å². The van der Waals surface area contributed by atoms with Crippen molar-refractivity contribution >= 4 is 21.6 Å². The van der Waals surface area contributed by atoms with Crippen LogP contribution >= 0.6 is 15.9 Å². The van der Waals surface area contributed by atoms with Crippen LogP contribution in [0.2, 0.25) is 0 Å². The average molecular weight is 347 g/mol. The Bertz CT molecular complexity index is 858. The maximum Gasteiger partial charge on any atom is 0.266 e. The molecule has 1 unspecified atom stereocenters. The van der Waals surface area contributed by atoms with Gasteiger partial charge in [0.25, 0.3) is 5.56 Å². The van der Waals surface area contributed by atoms with Crippen LogP contribution in [0, 0.1) is 0 Å². The second kappa shape index (κ2) is 5.46. The first-order valence-corrected chi connectivity index (χ1v) is 7.39. The minimum atomic E-state index is -0.528. The summed E-state index contributed by atoms with van der Waals surface area (Å²) in [4.78, 5) is 16.8. The predicted octanol–water partition coefficient (Wildman–Crippen LogP) is 0.252. The van der Waals surface area contributed by atoms with Gasteiger partial charge in [-0.1, -0.05) is 30.3 Å². The molecule has 2 aromatic rings. The Labute approximate surface area is 129 Å². The molecular formula is C15H15BrN4O. The summed E-state index contributed by atoms with van der Waals surface area (Å²) in [5.74, 6) is 0. The summed E-state index contributed by atoms with van der Waals surface area (Å²) in [6.45, 7) is 2.39. The number of nitrogens with one attached hydrogen (secondary N) is 1. The van der Waals surface area contributed by atoms with Gasteiger partial charge in [-0.2, -0.15) is 0 Å². The van der Waals surface area contributed by atoms with Crippen LogP contribution in [0.1, 0.15) is 12.5 Å². The SMILES string of the molecule is CC1=c2cc(Br)c(=O)n(Cc3ccccc3)c2=NC(N)N1. The Kier molecular flexibility index (Phi) is 3.65. The highest BCUT2D eigenvalue weighted by Crippen LogP contribution is 2.02. The second-order valence-electron chi connectivity index (χ2n) is 4.95. The fourth-order valence-corrected chi connectivity index (χ4v) is 2.86. The Morgan fingerprint density at radius 1 is 1.38 bits per heavy atom. The van der Waals surface area contributed by atoms with Crippen molar-refractivity contribution in [2.75, 3.05) is 0 Å². The van der Waals surface area contributed by atoms with Crippen molar-refractivity contribution in [2.24, 2.45) is 10.7 Å².